The first kappa shape index (κ1) is 19.3. The zero-order valence-electron chi connectivity index (χ0n) is 16.2. The monoisotopic (exact) mass is 436 g/mol. The van der Waals surface area contributed by atoms with Gasteiger partial charge in [-0.1, -0.05) is 42.1 Å². The van der Waals surface area contributed by atoms with Gasteiger partial charge in [0.2, 0.25) is 11.8 Å². The van der Waals surface area contributed by atoms with Crippen molar-refractivity contribution in [1.29, 1.82) is 0 Å². The second-order valence-electron chi connectivity index (χ2n) is 7.23. The van der Waals surface area contributed by atoms with Crippen molar-refractivity contribution in [2.45, 2.75) is 24.0 Å². The number of piperidine rings is 1. The normalized spacial score (nSPS) is 16.8. The first-order valence-electron chi connectivity index (χ1n) is 9.91. The van der Waals surface area contributed by atoms with Crippen molar-refractivity contribution in [3.63, 3.8) is 0 Å². The van der Waals surface area contributed by atoms with Gasteiger partial charge >= 0.3 is 0 Å². The molecule has 1 fully saturated rings. The number of benzene rings is 2. The first-order valence-corrected chi connectivity index (χ1v) is 11.7. The minimum absolute atomic E-state index is 0.102. The maximum atomic E-state index is 12.8. The van der Waals surface area contributed by atoms with Gasteiger partial charge in [-0.05, 0) is 37.1 Å². The molecule has 0 spiro atoms. The molecule has 5 rings (SSSR count). The van der Waals surface area contributed by atoms with Crippen LogP contribution in [0.25, 0.3) is 21.7 Å². The molecule has 1 amide bonds. The predicted octanol–water partition coefficient (Wildman–Crippen LogP) is 4.84. The molecule has 6 nitrogen and oxygen atoms in total. The summed E-state index contributed by atoms with van der Waals surface area (Å²) < 4.78 is 6.90. The summed E-state index contributed by atoms with van der Waals surface area (Å²) in [6, 6.07) is 17.8. The number of para-hydroxylation sites is 1. The molecule has 0 N–H and O–H groups in total. The molecule has 1 aliphatic rings. The third kappa shape index (κ3) is 4.11. The van der Waals surface area contributed by atoms with Crippen LogP contribution in [0.4, 0.5) is 0 Å². The lowest BCUT2D eigenvalue weighted by atomic mass is 9.99. The standard InChI is InChI=1S/C22H20N4O2S2/c27-19(14-29-22-25-24-20(28-22)15-7-2-1-3-8-15)26-12-6-9-16(13-26)21-23-17-10-4-5-11-18(17)30-21/h1-5,7-8,10-11,16H,6,9,12-14H2/t16-/m0/s1. The predicted molar refractivity (Wildman–Crippen MR) is 119 cm³/mol. The Labute approximate surface area is 182 Å². The third-order valence-electron chi connectivity index (χ3n) is 5.18. The number of thiazole rings is 1. The van der Waals surface area contributed by atoms with Crippen LogP contribution in [-0.4, -0.2) is 44.8 Å². The number of amides is 1. The third-order valence-corrected chi connectivity index (χ3v) is 7.18. The Kier molecular flexibility index (Phi) is 5.50. The second-order valence-corrected chi connectivity index (χ2v) is 9.22. The Bertz CT molecular complexity index is 1130. The molecule has 1 aliphatic heterocycles. The Balaban J connectivity index is 1.20. The van der Waals surface area contributed by atoms with Crippen molar-refractivity contribution >= 4 is 39.2 Å². The molecule has 1 saturated heterocycles. The van der Waals surface area contributed by atoms with E-state index in [9.17, 15) is 4.79 Å². The van der Waals surface area contributed by atoms with E-state index in [4.69, 9.17) is 9.40 Å². The average Bonchev–Trinajstić information content (AvgIpc) is 3.45. The Morgan fingerprint density at radius 2 is 1.97 bits per heavy atom. The Hall–Kier alpha value is -2.71. The summed E-state index contributed by atoms with van der Waals surface area (Å²) >= 11 is 3.03. The van der Waals surface area contributed by atoms with Crippen molar-refractivity contribution in [1.82, 2.24) is 20.1 Å². The number of carbonyl (C=O) groups excluding carboxylic acids is 1. The summed E-state index contributed by atoms with van der Waals surface area (Å²) in [5.41, 5.74) is 1.92. The van der Waals surface area contributed by atoms with Crippen LogP contribution in [0.5, 0.6) is 0 Å². The van der Waals surface area contributed by atoms with E-state index in [1.807, 2.05) is 53.4 Å². The van der Waals surface area contributed by atoms with Gasteiger partial charge in [0.15, 0.2) is 0 Å². The molecule has 0 saturated carbocycles. The van der Waals surface area contributed by atoms with Gasteiger partial charge in [0.25, 0.3) is 5.22 Å². The molecule has 152 valence electrons. The topological polar surface area (TPSA) is 72.1 Å². The highest BCUT2D eigenvalue weighted by Gasteiger charge is 2.27. The Morgan fingerprint density at radius 1 is 1.13 bits per heavy atom. The molecule has 3 heterocycles. The fraction of sp³-hybridized carbons (Fsp3) is 0.273. The van der Waals surface area contributed by atoms with Crippen LogP contribution in [0.15, 0.2) is 64.2 Å². The minimum Gasteiger partial charge on any atom is -0.411 e. The van der Waals surface area contributed by atoms with Crippen LogP contribution in [0, 0.1) is 0 Å². The molecule has 8 heteroatoms. The van der Waals surface area contributed by atoms with E-state index in [0.717, 1.165) is 42.0 Å². The lowest BCUT2D eigenvalue weighted by Gasteiger charge is -2.31. The van der Waals surface area contributed by atoms with E-state index >= 15 is 0 Å². The molecule has 0 unspecified atom stereocenters. The van der Waals surface area contributed by atoms with Crippen molar-refractivity contribution < 1.29 is 9.21 Å². The largest absolute Gasteiger partial charge is 0.411 e. The number of aromatic nitrogens is 3. The number of hydrogen-bond donors (Lipinski definition) is 0. The van der Waals surface area contributed by atoms with Gasteiger partial charge in [-0.15, -0.1) is 21.5 Å². The van der Waals surface area contributed by atoms with Crippen molar-refractivity contribution in [3.8, 4) is 11.5 Å². The van der Waals surface area contributed by atoms with Gasteiger partial charge in [-0.3, -0.25) is 4.79 Å². The van der Waals surface area contributed by atoms with Gasteiger partial charge in [0, 0.05) is 24.6 Å². The lowest BCUT2D eigenvalue weighted by molar-refractivity contribution is -0.129. The first-order chi connectivity index (χ1) is 14.8. The molecule has 2 aromatic carbocycles. The summed E-state index contributed by atoms with van der Waals surface area (Å²) in [7, 11) is 0. The highest BCUT2D eigenvalue weighted by atomic mass is 32.2. The second kappa shape index (κ2) is 8.57. The molecule has 30 heavy (non-hydrogen) atoms. The lowest BCUT2D eigenvalue weighted by Crippen LogP contribution is -2.40. The molecular weight excluding hydrogens is 416 g/mol. The van der Waals surface area contributed by atoms with E-state index in [2.05, 4.69) is 16.3 Å². The molecule has 2 aromatic heterocycles. The number of rotatable bonds is 5. The van der Waals surface area contributed by atoms with Gasteiger partial charge in [0.1, 0.15) is 0 Å². The summed E-state index contributed by atoms with van der Waals surface area (Å²) in [5, 5.41) is 9.69. The van der Waals surface area contributed by atoms with Crippen molar-refractivity contribution in [2.24, 2.45) is 0 Å². The van der Waals surface area contributed by atoms with E-state index in [1.165, 1.54) is 16.5 Å². The summed E-state index contributed by atoms with van der Waals surface area (Å²) in [5.74, 6) is 1.17. The highest BCUT2D eigenvalue weighted by Crippen LogP contribution is 2.33. The smallest absolute Gasteiger partial charge is 0.277 e. The van der Waals surface area contributed by atoms with Crippen LogP contribution in [0.2, 0.25) is 0 Å². The van der Waals surface area contributed by atoms with Crippen LogP contribution in [0.1, 0.15) is 23.8 Å². The fourth-order valence-corrected chi connectivity index (χ4v) is 5.41. The van der Waals surface area contributed by atoms with Crippen LogP contribution in [0.3, 0.4) is 0 Å². The van der Waals surface area contributed by atoms with Crippen LogP contribution in [-0.2, 0) is 4.79 Å². The fourth-order valence-electron chi connectivity index (χ4n) is 3.65. The molecule has 0 bridgehead atoms. The van der Waals surface area contributed by atoms with Gasteiger partial charge < -0.3 is 9.32 Å². The maximum Gasteiger partial charge on any atom is 0.277 e. The quantitative estimate of drug-likeness (QED) is 0.417. The minimum atomic E-state index is 0.102. The Morgan fingerprint density at radius 3 is 2.83 bits per heavy atom. The van der Waals surface area contributed by atoms with E-state index in [-0.39, 0.29) is 5.91 Å². The van der Waals surface area contributed by atoms with Gasteiger partial charge in [-0.25, -0.2) is 4.98 Å². The van der Waals surface area contributed by atoms with E-state index in [1.54, 1.807) is 11.3 Å². The van der Waals surface area contributed by atoms with Crippen LogP contribution >= 0.6 is 23.1 Å². The number of hydrogen-bond acceptors (Lipinski definition) is 7. The zero-order chi connectivity index (χ0) is 20.3. The van der Waals surface area contributed by atoms with Gasteiger partial charge in [0.05, 0.1) is 21.0 Å². The molecule has 0 aliphatic carbocycles. The summed E-state index contributed by atoms with van der Waals surface area (Å²) in [6.45, 7) is 1.51. The molecular formula is C22H20N4O2S2. The molecule has 4 aromatic rings. The molecule has 0 radical (unpaired) electrons. The summed E-state index contributed by atoms with van der Waals surface area (Å²) in [4.78, 5) is 19.5. The highest BCUT2D eigenvalue weighted by molar-refractivity contribution is 7.99. The number of carbonyl (C=O) groups is 1. The number of thioether (sulfide) groups is 1. The van der Waals surface area contributed by atoms with E-state index in [0.29, 0.717) is 22.8 Å². The van der Waals surface area contributed by atoms with E-state index < -0.39 is 0 Å². The number of nitrogens with zero attached hydrogens (tertiary/aromatic N) is 4. The van der Waals surface area contributed by atoms with Crippen LogP contribution < -0.4 is 0 Å². The summed E-state index contributed by atoms with van der Waals surface area (Å²) in [6.07, 6.45) is 2.07. The SMILES string of the molecule is O=C(CSc1nnc(-c2ccccc2)o1)N1CCC[C@H](c2nc3ccccc3s2)C1. The van der Waals surface area contributed by atoms with Gasteiger partial charge in [-0.2, -0.15) is 0 Å². The maximum absolute atomic E-state index is 12.8. The van der Waals surface area contributed by atoms with Crippen molar-refractivity contribution in [3.05, 3.63) is 59.6 Å². The number of likely N-dealkylation sites (tertiary alicyclic amines) is 1. The number of fused-ring (bicyclic) bond motifs is 1. The zero-order valence-corrected chi connectivity index (χ0v) is 17.9. The molecule has 1 atom stereocenters. The average molecular weight is 437 g/mol. The van der Waals surface area contributed by atoms with Crippen molar-refractivity contribution in [2.75, 3.05) is 18.8 Å².